The summed E-state index contributed by atoms with van der Waals surface area (Å²) in [5, 5.41) is 1.98. The van der Waals surface area contributed by atoms with E-state index in [0.29, 0.717) is 161 Å². The van der Waals surface area contributed by atoms with Gasteiger partial charge in [-0.2, -0.15) is 0 Å². The van der Waals surface area contributed by atoms with E-state index in [1.165, 1.54) is 28.4 Å². The van der Waals surface area contributed by atoms with Crippen molar-refractivity contribution >= 4 is 67.8 Å². The van der Waals surface area contributed by atoms with E-state index in [4.69, 9.17) is 74.5 Å². The fourth-order valence-corrected chi connectivity index (χ4v) is 18.0. The Bertz CT molecular complexity index is 6260. The number of ether oxygens (including phenoxy) is 12. The van der Waals surface area contributed by atoms with Crippen molar-refractivity contribution in [2.75, 3.05) is 83.3 Å². The highest BCUT2D eigenvalue weighted by Gasteiger charge is 2.32. The summed E-state index contributed by atoms with van der Waals surface area (Å²) in [6.07, 6.45) is 24.8. The molecule has 140 heavy (non-hydrogen) atoms. The zero-order chi connectivity index (χ0) is 98.0. The second kappa shape index (κ2) is 48.3. The minimum absolute atomic E-state index is 0.175. The van der Waals surface area contributed by atoms with E-state index >= 15 is 0 Å². The summed E-state index contributed by atoms with van der Waals surface area (Å²) in [5.41, 5.74) is 12.2. The number of methoxy groups -OCH3 is 8. The third kappa shape index (κ3) is 22.8. The van der Waals surface area contributed by atoms with Crippen LogP contribution >= 0.6 is 0 Å². The SMILES string of the molecule is CCCCCCCCOc1c2cc(cc1OC)-c1oc3ccc(cc3c1C(=O)OC)-c1ccc(cc1)-c1ccc3oc(c(C(=O)OC)c3c1)-c1cc(c(OCCCCCCCC)c(OC)c1)C#CC#Cc1cc(cc(OC)c1OCCCCCCCC)-c1oc3ccc(cc3c1C(=O)OC)-c1ccc(cc1)-c1ccc3oc(c(C(=O)OC)c3c1)-c1cc(c(OCCCCCCCC)c(OC)c1)C#CC#C2. The molecule has 0 amide bonds. The summed E-state index contributed by atoms with van der Waals surface area (Å²) in [6, 6.07) is 52.9. The topological polar surface area (TPSA) is 232 Å². The predicted molar refractivity (Wildman–Crippen MR) is 550 cm³/mol. The van der Waals surface area contributed by atoms with Crippen LogP contribution in [0.15, 0.2) is 188 Å². The largest absolute Gasteiger partial charge is 0.493 e. The van der Waals surface area contributed by atoms with Crippen molar-refractivity contribution in [1.82, 2.24) is 0 Å². The highest BCUT2D eigenvalue weighted by molar-refractivity contribution is 6.13. The maximum Gasteiger partial charge on any atom is 0.342 e. The van der Waals surface area contributed by atoms with Gasteiger partial charge in [-0.3, -0.25) is 0 Å². The Labute approximate surface area is 819 Å². The number of furan rings is 4. The van der Waals surface area contributed by atoms with E-state index in [0.717, 1.165) is 199 Å². The number of hydrogen-bond acceptors (Lipinski definition) is 20. The first-order valence-electron chi connectivity index (χ1n) is 48.9. The number of carbonyl (C=O) groups excluding carboxylic acids is 4. The molecular formula is C120H120O20. The average molecular weight is 1880 g/mol. The van der Waals surface area contributed by atoms with E-state index in [1.807, 2.05) is 121 Å². The second-order valence-electron chi connectivity index (χ2n) is 34.9. The smallest absolute Gasteiger partial charge is 0.342 e. The van der Waals surface area contributed by atoms with Crippen molar-refractivity contribution in [1.29, 1.82) is 0 Å². The van der Waals surface area contributed by atoms with Crippen molar-refractivity contribution in [3.63, 3.8) is 0 Å². The fraction of sp³-hybridized carbons (Fsp3) is 0.333. The zero-order valence-corrected chi connectivity index (χ0v) is 82.1. The number of hydrogen-bond donors (Lipinski definition) is 0. The Kier molecular flexibility index (Phi) is 34.2. The highest BCUT2D eigenvalue weighted by Crippen LogP contribution is 2.49. The summed E-state index contributed by atoms with van der Waals surface area (Å²) in [6.45, 7) is 10.2. The normalized spacial score (nSPS) is 11.3. The fourth-order valence-electron chi connectivity index (χ4n) is 18.0. The van der Waals surface area contributed by atoms with Gasteiger partial charge in [0.05, 0.1) is 106 Å². The molecule has 24 bridgehead atoms. The molecule has 0 saturated heterocycles. The van der Waals surface area contributed by atoms with Crippen LogP contribution in [0.25, 0.3) is 134 Å². The van der Waals surface area contributed by atoms with Gasteiger partial charge in [-0.25, -0.2) is 19.2 Å². The molecule has 0 unspecified atom stereocenters. The molecule has 20 nitrogen and oxygen atoms in total. The molecule has 18 rings (SSSR count). The summed E-state index contributed by atoms with van der Waals surface area (Å²) < 4.78 is 101. The van der Waals surface area contributed by atoms with Gasteiger partial charge in [0.2, 0.25) is 0 Å². The van der Waals surface area contributed by atoms with E-state index in [-0.39, 0.29) is 45.3 Å². The van der Waals surface area contributed by atoms with Crippen molar-refractivity contribution in [3.8, 4) is 183 Å². The lowest BCUT2D eigenvalue weighted by Crippen LogP contribution is -2.04. The second-order valence-corrected chi connectivity index (χ2v) is 34.9. The lowest BCUT2D eigenvalue weighted by molar-refractivity contribution is 0.0594. The number of rotatable bonds is 40. The van der Waals surface area contributed by atoms with Crippen LogP contribution in [-0.4, -0.2) is 107 Å². The average Bonchev–Trinajstić information content (AvgIpc) is 1.61. The molecule has 14 aromatic rings. The third-order valence-electron chi connectivity index (χ3n) is 25.5. The molecule has 0 saturated carbocycles. The first-order chi connectivity index (χ1) is 68.6. The Morgan fingerprint density at radius 1 is 0.229 bits per heavy atom. The van der Waals surface area contributed by atoms with Gasteiger partial charge in [0.1, 0.15) is 67.6 Å². The molecule has 4 heterocycles. The van der Waals surface area contributed by atoms with Crippen molar-refractivity contribution in [3.05, 3.63) is 214 Å². The first-order valence-corrected chi connectivity index (χ1v) is 48.9. The summed E-state index contributed by atoms with van der Waals surface area (Å²) in [4.78, 5) is 58.0. The Morgan fingerprint density at radius 2 is 0.421 bits per heavy atom. The van der Waals surface area contributed by atoms with Gasteiger partial charge in [0.15, 0.2) is 46.0 Å². The van der Waals surface area contributed by atoms with Crippen LogP contribution < -0.4 is 37.9 Å². The lowest BCUT2D eigenvalue weighted by Gasteiger charge is -2.15. The van der Waals surface area contributed by atoms with E-state index < -0.39 is 23.9 Å². The Morgan fingerprint density at radius 3 is 0.614 bits per heavy atom. The zero-order valence-electron chi connectivity index (χ0n) is 82.1. The number of carbonyl (C=O) groups is 4. The van der Waals surface area contributed by atoms with Crippen molar-refractivity contribution < 1.29 is 93.7 Å². The minimum atomic E-state index is -0.638. The first kappa shape index (κ1) is 99.4. The van der Waals surface area contributed by atoms with Crippen molar-refractivity contribution in [2.24, 2.45) is 0 Å². The molecule has 0 spiro atoms. The van der Waals surface area contributed by atoms with Gasteiger partial charge >= 0.3 is 23.9 Å². The van der Waals surface area contributed by atoms with E-state index in [1.54, 1.807) is 77.0 Å². The van der Waals surface area contributed by atoms with E-state index in [2.05, 4.69) is 75.1 Å². The molecule has 4 aromatic heterocycles. The molecule has 0 fully saturated rings. The standard InChI is InChI=1S/C120H120O20/c1-13-17-21-25-29-37-61-133-109-85-41-33-34-42-86-66-90(74-102(126-6)110(86)134-62-38-30-26-22-18-14-2)114-106(118(122)130-10)94-70-82(54-58-98(94)138-114)79-49-51-80(52-50-79)84-56-60-100-96(72-84)108(120(124)132-12)116(140-100)92-68-88(112(104(76-92)128-8)136-64-40-32-28-24-20-16-4)44-36-35-43-87-67-91(75-103(127-7)111(87)135-63-39-31-27-23-19-15-3)115-107(119(123)131-11)95-71-83(55-59-99(95)139-115)78-47-45-77(46-48-78)81-53-57-97-93(69-81)105(117(121)129-9)113(137-97)89(65-85)73-101(109)125-5/h45-60,65-76H,13-32,37-40,61-64H2,1-12H3. The minimum Gasteiger partial charge on any atom is -0.493 e. The summed E-state index contributed by atoms with van der Waals surface area (Å²) in [7, 11) is 11.5. The van der Waals surface area contributed by atoms with Crippen LogP contribution in [0.3, 0.4) is 0 Å². The number of unbranched alkanes of at least 4 members (excludes halogenated alkanes) is 20. The van der Waals surface area contributed by atoms with Gasteiger partial charge in [0.25, 0.3) is 0 Å². The van der Waals surface area contributed by atoms with Crippen LogP contribution in [0, 0.1) is 47.4 Å². The molecule has 0 atom stereocenters. The van der Waals surface area contributed by atoms with Gasteiger partial charge in [-0.15, -0.1) is 0 Å². The third-order valence-corrected chi connectivity index (χ3v) is 25.5. The van der Waals surface area contributed by atoms with Crippen LogP contribution in [0.5, 0.6) is 46.0 Å². The molecule has 720 valence electrons. The van der Waals surface area contributed by atoms with E-state index in [9.17, 15) is 19.2 Å². The molecule has 0 N–H and O–H groups in total. The van der Waals surface area contributed by atoms with Crippen molar-refractivity contribution in [2.45, 2.75) is 182 Å². The Balaban J connectivity index is 0.897. The molecule has 4 aliphatic carbocycles. The van der Waals surface area contributed by atoms with Crippen LogP contribution in [0.2, 0.25) is 0 Å². The summed E-state index contributed by atoms with van der Waals surface area (Å²) in [5.74, 6) is 26.9. The quantitative estimate of drug-likeness (QED) is 0.0150. The monoisotopic (exact) mass is 1880 g/mol. The van der Waals surface area contributed by atoms with Gasteiger partial charge in [-0.05, 0) is 215 Å². The predicted octanol–water partition coefficient (Wildman–Crippen LogP) is 29.3. The molecule has 0 radical (unpaired) electrons. The maximum absolute atomic E-state index is 14.5. The number of benzene rings is 10. The molecule has 4 aliphatic rings. The van der Waals surface area contributed by atoms with Gasteiger partial charge < -0.3 is 74.5 Å². The van der Waals surface area contributed by atoms with Crippen LogP contribution in [0.1, 0.15) is 245 Å². The molecule has 10 aromatic carbocycles. The van der Waals surface area contributed by atoms with Gasteiger partial charge in [0, 0.05) is 43.8 Å². The van der Waals surface area contributed by atoms with Crippen LogP contribution in [0.4, 0.5) is 0 Å². The lowest BCUT2D eigenvalue weighted by atomic mass is 9.96. The number of esters is 4. The maximum atomic E-state index is 14.5. The van der Waals surface area contributed by atoms with Crippen LogP contribution in [-0.2, 0) is 18.9 Å². The van der Waals surface area contributed by atoms with Gasteiger partial charge in [-0.1, -0.05) is 229 Å². The Hall–Kier alpha value is -15.1. The summed E-state index contributed by atoms with van der Waals surface area (Å²) >= 11 is 0. The molecular weight excluding hydrogens is 1760 g/mol. The molecule has 0 aliphatic heterocycles. The molecule has 20 heteroatoms. The highest BCUT2D eigenvalue weighted by atomic mass is 16.6.